The van der Waals surface area contributed by atoms with Gasteiger partial charge in [0.25, 0.3) is 15.9 Å². The van der Waals surface area contributed by atoms with Crippen LogP contribution in [0, 0.1) is 24.6 Å². The molecular formula is C24H28FN3O4S. The van der Waals surface area contributed by atoms with Crippen molar-refractivity contribution in [2.45, 2.75) is 37.5 Å². The van der Waals surface area contributed by atoms with E-state index in [4.69, 9.17) is 0 Å². The van der Waals surface area contributed by atoms with Crippen LogP contribution in [0.2, 0.25) is 0 Å². The number of rotatable bonds is 7. The van der Waals surface area contributed by atoms with E-state index in [1.165, 1.54) is 24.3 Å². The average molecular weight is 474 g/mol. The summed E-state index contributed by atoms with van der Waals surface area (Å²) in [6.07, 6.45) is 3.76. The van der Waals surface area contributed by atoms with E-state index in [0.29, 0.717) is 31.1 Å². The van der Waals surface area contributed by atoms with E-state index in [1.54, 1.807) is 17.9 Å². The van der Waals surface area contributed by atoms with Gasteiger partial charge in [-0.2, -0.15) is 0 Å². The van der Waals surface area contributed by atoms with E-state index >= 15 is 0 Å². The Morgan fingerprint density at radius 2 is 1.82 bits per heavy atom. The van der Waals surface area contributed by atoms with Gasteiger partial charge in [-0.1, -0.05) is 6.07 Å². The van der Waals surface area contributed by atoms with Gasteiger partial charge in [0, 0.05) is 30.9 Å². The van der Waals surface area contributed by atoms with Crippen molar-refractivity contribution in [1.29, 1.82) is 0 Å². The fourth-order valence-corrected chi connectivity index (χ4v) is 5.07. The van der Waals surface area contributed by atoms with Crippen LogP contribution in [0.5, 0.6) is 0 Å². The number of hydrogen-bond acceptors (Lipinski definition) is 4. The first kappa shape index (κ1) is 23.2. The Bertz CT molecular complexity index is 1150. The van der Waals surface area contributed by atoms with Gasteiger partial charge in [-0.05, 0) is 80.5 Å². The van der Waals surface area contributed by atoms with Crippen molar-refractivity contribution < 1.29 is 22.4 Å². The molecule has 2 aliphatic rings. The van der Waals surface area contributed by atoms with Gasteiger partial charge in [0.05, 0.1) is 10.8 Å². The molecule has 1 aliphatic carbocycles. The highest BCUT2D eigenvalue weighted by molar-refractivity contribution is 7.92. The van der Waals surface area contributed by atoms with Gasteiger partial charge in [-0.15, -0.1) is 0 Å². The molecule has 4 rings (SSSR count). The largest absolute Gasteiger partial charge is 0.356 e. The number of amides is 2. The van der Waals surface area contributed by atoms with E-state index in [-0.39, 0.29) is 33.9 Å². The van der Waals surface area contributed by atoms with Crippen LogP contribution in [0.3, 0.4) is 0 Å². The molecule has 1 saturated carbocycles. The molecule has 2 aromatic carbocycles. The zero-order valence-corrected chi connectivity index (χ0v) is 19.3. The summed E-state index contributed by atoms with van der Waals surface area (Å²) in [5, 5.41) is 2.99. The third-order valence-electron chi connectivity index (χ3n) is 6.19. The minimum absolute atomic E-state index is 0.0176. The lowest BCUT2D eigenvalue weighted by atomic mass is 9.96. The first-order valence-corrected chi connectivity index (χ1v) is 12.7. The lowest BCUT2D eigenvalue weighted by molar-refractivity contribution is -0.126. The lowest BCUT2D eigenvalue weighted by Crippen LogP contribution is -2.46. The highest BCUT2D eigenvalue weighted by Crippen LogP contribution is 2.28. The third-order valence-corrected chi connectivity index (χ3v) is 7.57. The summed E-state index contributed by atoms with van der Waals surface area (Å²) in [6.45, 7) is 3.29. The SMILES string of the molecule is Cc1ccc(S(=O)(=O)Nc2ccc(F)cc2)cc1C(=O)N1CCC[C@H](C(=O)NCC2CC2)C1. The van der Waals surface area contributed by atoms with Crippen molar-refractivity contribution in [2.75, 3.05) is 24.4 Å². The molecule has 9 heteroatoms. The summed E-state index contributed by atoms with van der Waals surface area (Å²) < 4.78 is 41.2. The maximum atomic E-state index is 13.3. The second kappa shape index (κ2) is 9.51. The van der Waals surface area contributed by atoms with Crippen molar-refractivity contribution >= 4 is 27.5 Å². The molecule has 0 aromatic heterocycles. The van der Waals surface area contributed by atoms with Gasteiger partial charge in [0.1, 0.15) is 5.82 Å². The molecule has 1 aliphatic heterocycles. The Labute approximate surface area is 193 Å². The molecule has 7 nitrogen and oxygen atoms in total. The Morgan fingerprint density at radius 3 is 2.52 bits per heavy atom. The number of carbonyl (C=O) groups is 2. The Kier molecular flexibility index (Phi) is 6.69. The fourth-order valence-electron chi connectivity index (χ4n) is 3.99. The summed E-state index contributed by atoms with van der Waals surface area (Å²) in [4.78, 5) is 27.4. The van der Waals surface area contributed by atoms with Crippen LogP contribution in [-0.2, 0) is 14.8 Å². The molecule has 0 spiro atoms. The van der Waals surface area contributed by atoms with E-state index in [9.17, 15) is 22.4 Å². The summed E-state index contributed by atoms with van der Waals surface area (Å²) in [7, 11) is -3.97. The minimum Gasteiger partial charge on any atom is -0.356 e. The summed E-state index contributed by atoms with van der Waals surface area (Å²) >= 11 is 0. The van der Waals surface area contributed by atoms with Crippen LogP contribution in [0.15, 0.2) is 47.4 Å². The fraction of sp³-hybridized carbons (Fsp3) is 0.417. The summed E-state index contributed by atoms with van der Waals surface area (Å²) in [5.74, 6) is -0.441. The molecule has 2 fully saturated rings. The Balaban J connectivity index is 1.48. The number of sulfonamides is 1. The van der Waals surface area contributed by atoms with Gasteiger partial charge in [0.2, 0.25) is 5.91 Å². The standard InChI is InChI=1S/C24H28FN3O4S/c1-16-4-11-21(33(31,32)27-20-9-7-19(25)8-10-20)13-22(16)24(30)28-12-2-3-18(15-28)23(29)26-14-17-5-6-17/h4,7-11,13,17-18,27H,2-3,5-6,12,14-15H2,1H3,(H,26,29)/t18-/m0/s1. The zero-order valence-electron chi connectivity index (χ0n) is 18.5. The topological polar surface area (TPSA) is 95.6 Å². The molecule has 1 saturated heterocycles. The van der Waals surface area contributed by atoms with Crippen molar-refractivity contribution in [2.24, 2.45) is 11.8 Å². The van der Waals surface area contributed by atoms with Crippen molar-refractivity contribution in [3.8, 4) is 0 Å². The number of carbonyl (C=O) groups excluding carboxylic acids is 2. The van der Waals surface area contributed by atoms with Crippen LogP contribution in [0.25, 0.3) is 0 Å². The Hall–Kier alpha value is -2.94. The quantitative estimate of drug-likeness (QED) is 0.645. The number of piperidine rings is 1. The van der Waals surface area contributed by atoms with E-state index < -0.39 is 15.8 Å². The van der Waals surface area contributed by atoms with Gasteiger partial charge < -0.3 is 10.2 Å². The predicted molar refractivity (Wildman–Crippen MR) is 123 cm³/mol. The van der Waals surface area contributed by atoms with Crippen molar-refractivity contribution in [3.05, 3.63) is 59.4 Å². The smallest absolute Gasteiger partial charge is 0.261 e. The molecule has 1 heterocycles. The van der Waals surface area contributed by atoms with E-state index in [0.717, 1.165) is 37.8 Å². The van der Waals surface area contributed by atoms with Crippen LogP contribution in [-0.4, -0.2) is 44.8 Å². The number of anilines is 1. The maximum Gasteiger partial charge on any atom is 0.261 e. The number of likely N-dealkylation sites (tertiary alicyclic amines) is 1. The number of benzene rings is 2. The van der Waals surface area contributed by atoms with Gasteiger partial charge in [-0.3, -0.25) is 14.3 Å². The first-order chi connectivity index (χ1) is 15.7. The zero-order chi connectivity index (χ0) is 23.6. The first-order valence-electron chi connectivity index (χ1n) is 11.2. The molecule has 0 radical (unpaired) electrons. The molecule has 33 heavy (non-hydrogen) atoms. The minimum atomic E-state index is -3.97. The molecule has 2 amide bonds. The van der Waals surface area contributed by atoms with Crippen LogP contribution in [0.4, 0.5) is 10.1 Å². The summed E-state index contributed by atoms with van der Waals surface area (Å²) in [6, 6.07) is 9.37. The number of aryl methyl sites for hydroxylation is 1. The van der Waals surface area contributed by atoms with Gasteiger partial charge in [-0.25, -0.2) is 12.8 Å². The van der Waals surface area contributed by atoms with Crippen molar-refractivity contribution in [3.63, 3.8) is 0 Å². The number of nitrogens with one attached hydrogen (secondary N) is 2. The summed E-state index contributed by atoms with van der Waals surface area (Å²) in [5.41, 5.74) is 1.16. The van der Waals surface area contributed by atoms with E-state index in [1.807, 2.05) is 0 Å². The second-order valence-corrected chi connectivity index (χ2v) is 10.6. The van der Waals surface area contributed by atoms with Gasteiger partial charge >= 0.3 is 0 Å². The molecule has 2 aromatic rings. The number of nitrogens with zero attached hydrogens (tertiary/aromatic N) is 1. The molecular weight excluding hydrogens is 445 g/mol. The van der Waals surface area contributed by atoms with Gasteiger partial charge in [0.15, 0.2) is 0 Å². The average Bonchev–Trinajstić information content (AvgIpc) is 3.63. The number of hydrogen-bond donors (Lipinski definition) is 2. The lowest BCUT2D eigenvalue weighted by Gasteiger charge is -2.32. The molecule has 0 unspecified atom stereocenters. The highest BCUT2D eigenvalue weighted by atomic mass is 32.2. The Morgan fingerprint density at radius 1 is 1.09 bits per heavy atom. The van der Waals surface area contributed by atoms with Crippen LogP contribution in [0.1, 0.15) is 41.6 Å². The van der Waals surface area contributed by atoms with Crippen LogP contribution < -0.4 is 10.0 Å². The monoisotopic (exact) mass is 473 g/mol. The number of halogens is 1. The van der Waals surface area contributed by atoms with Crippen molar-refractivity contribution in [1.82, 2.24) is 10.2 Å². The predicted octanol–water partition coefficient (Wildman–Crippen LogP) is 3.31. The molecule has 1 atom stereocenters. The molecule has 176 valence electrons. The van der Waals surface area contributed by atoms with Crippen LogP contribution >= 0.6 is 0 Å². The molecule has 2 N–H and O–H groups in total. The second-order valence-electron chi connectivity index (χ2n) is 8.87. The maximum absolute atomic E-state index is 13.3. The molecule has 0 bridgehead atoms. The van der Waals surface area contributed by atoms with E-state index in [2.05, 4.69) is 10.0 Å². The third kappa shape index (κ3) is 5.71. The highest BCUT2D eigenvalue weighted by Gasteiger charge is 2.31. The normalized spacial score (nSPS) is 18.6.